The fourth-order valence-corrected chi connectivity index (χ4v) is 2.88. The van der Waals surface area contributed by atoms with Crippen LogP contribution in [-0.2, 0) is 4.79 Å². The van der Waals surface area contributed by atoms with Gasteiger partial charge in [0.2, 0.25) is 0 Å². The zero-order valence-corrected chi connectivity index (χ0v) is 15.5. The lowest BCUT2D eigenvalue weighted by Crippen LogP contribution is -2.28. The van der Waals surface area contributed by atoms with E-state index in [-0.39, 0.29) is 11.4 Å². The van der Waals surface area contributed by atoms with E-state index in [0.717, 1.165) is 42.5 Å². The summed E-state index contributed by atoms with van der Waals surface area (Å²) in [4.78, 5) is 17.0. The molecule has 0 atom stereocenters. The van der Waals surface area contributed by atoms with E-state index >= 15 is 0 Å². The summed E-state index contributed by atoms with van der Waals surface area (Å²) in [5.41, 5.74) is 3.19. The summed E-state index contributed by atoms with van der Waals surface area (Å²) in [6.07, 6.45) is 8.14. The Bertz CT molecular complexity index is 759. The summed E-state index contributed by atoms with van der Waals surface area (Å²) in [6.45, 7) is 11.6. The highest BCUT2D eigenvalue weighted by Gasteiger charge is 2.38. The quantitative estimate of drug-likeness (QED) is 0.452. The Kier molecular flexibility index (Phi) is 4.54. The number of aliphatic imine (C=N–C) groups is 1. The SMILES string of the molecule is C=N/C(NC1(C)CC1)=C(\C)C(C(=O)Nc1cnn(C2CC2)c1)=C(C)C. The van der Waals surface area contributed by atoms with Gasteiger partial charge in [0, 0.05) is 22.9 Å². The minimum atomic E-state index is -0.142. The van der Waals surface area contributed by atoms with E-state index < -0.39 is 0 Å². The maximum absolute atomic E-state index is 12.9. The maximum Gasteiger partial charge on any atom is 0.256 e. The van der Waals surface area contributed by atoms with Crippen molar-refractivity contribution < 1.29 is 4.79 Å². The van der Waals surface area contributed by atoms with Crippen LogP contribution in [0, 0.1) is 0 Å². The molecule has 2 saturated carbocycles. The van der Waals surface area contributed by atoms with Crippen molar-refractivity contribution in [2.75, 3.05) is 5.32 Å². The van der Waals surface area contributed by atoms with Crippen LogP contribution >= 0.6 is 0 Å². The summed E-state index contributed by atoms with van der Waals surface area (Å²) in [5, 5.41) is 10.7. The van der Waals surface area contributed by atoms with Crippen LogP contribution in [0.5, 0.6) is 0 Å². The number of carbonyl (C=O) groups is 1. The predicted molar refractivity (Wildman–Crippen MR) is 101 cm³/mol. The van der Waals surface area contributed by atoms with Crippen molar-refractivity contribution in [2.45, 2.75) is 65.0 Å². The van der Waals surface area contributed by atoms with Gasteiger partial charge in [-0.15, -0.1) is 0 Å². The molecule has 0 aromatic carbocycles. The fraction of sp³-hybridized carbons (Fsp3) is 0.526. The number of aromatic nitrogens is 2. The third-order valence-electron chi connectivity index (χ3n) is 4.82. The Morgan fingerprint density at radius 1 is 1.36 bits per heavy atom. The van der Waals surface area contributed by atoms with Crippen LogP contribution in [0.2, 0.25) is 0 Å². The molecule has 0 spiro atoms. The molecule has 6 heteroatoms. The van der Waals surface area contributed by atoms with Gasteiger partial charge in [-0.2, -0.15) is 5.10 Å². The molecule has 25 heavy (non-hydrogen) atoms. The summed E-state index contributed by atoms with van der Waals surface area (Å²) in [6, 6.07) is 0.496. The number of rotatable bonds is 7. The fourth-order valence-electron chi connectivity index (χ4n) is 2.88. The molecule has 0 radical (unpaired) electrons. The molecule has 0 bridgehead atoms. The van der Waals surface area contributed by atoms with Gasteiger partial charge in [0.25, 0.3) is 5.91 Å². The molecule has 134 valence electrons. The molecule has 2 aliphatic carbocycles. The van der Waals surface area contributed by atoms with E-state index in [1.54, 1.807) is 6.20 Å². The van der Waals surface area contributed by atoms with Crippen molar-refractivity contribution in [1.82, 2.24) is 15.1 Å². The van der Waals surface area contributed by atoms with Crippen molar-refractivity contribution in [1.29, 1.82) is 0 Å². The van der Waals surface area contributed by atoms with E-state index in [1.165, 1.54) is 0 Å². The number of allylic oxidation sites excluding steroid dienone is 1. The molecule has 1 aromatic heterocycles. The van der Waals surface area contributed by atoms with Crippen LogP contribution in [0.4, 0.5) is 5.69 Å². The van der Waals surface area contributed by atoms with Crippen LogP contribution < -0.4 is 10.6 Å². The third-order valence-corrected chi connectivity index (χ3v) is 4.82. The first kappa shape index (κ1) is 17.5. The highest BCUT2D eigenvalue weighted by molar-refractivity contribution is 6.07. The van der Waals surface area contributed by atoms with Crippen molar-refractivity contribution in [3.05, 3.63) is 34.9 Å². The number of hydrogen-bond acceptors (Lipinski definition) is 4. The monoisotopic (exact) mass is 341 g/mol. The molecule has 0 aliphatic heterocycles. The lowest BCUT2D eigenvalue weighted by atomic mass is 10.0. The average molecular weight is 341 g/mol. The van der Waals surface area contributed by atoms with E-state index in [1.807, 2.05) is 31.6 Å². The van der Waals surface area contributed by atoms with E-state index in [2.05, 4.69) is 34.4 Å². The molecule has 1 amide bonds. The minimum Gasteiger partial charge on any atom is -0.365 e. The minimum absolute atomic E-state index is 0.0758. The van der Waals surface area contributed by atoms with Crippen molar-refractivity contribution in [2.24, 2.45) is 4.99 Å². The van der Waals surface area contributed by atoms with Gasteiger partial charge in [-0.05, 0) is 60.1 Å². The molecule has 2 aliphatic rings. The second-order valence-electron chi connectivity index (χ2n) is 7.59. The number of hydrogen-bond donors (Lipinski definition) is 2. The van der Waals surface area contributed by atoms with Crippen LogP contribution in [0.3, 0.4) is 0 Å². The van der Waals surface area contributed by atoms with Crippen LogP contribution in [0.15, 0.2) is 39.9 Å². The zero-order valence-electron chi connectivity index (χ0n) is 15.5. The van der Waals surface area contributed by atoms with Gasteiger partial charge < -0.3 is 10.6 Å². The lowest BCUT2D eigenvalue weighted by Gasteiger charge is -2.18. The number of amides is 1. The number of carbonyl (C=O) groups excluding carboxylic acids is 1. The highest BCUT2D eigenvalue weighted by Crippen LogP contribution is 2.36. The maximum atomic E-state index is 12.9. The molecule has 6 nitrogen and oxygen atoms in total. The second-order valence-corrected chi connectivity index (χ2v) is 7.59. The summed E-state index contributed by atoms with van der Waals surface area (Å²) >= 11 is 0. The van der Waals surface area contributed by atoms with E-state index in [9.17, 15) is 4.79 Å². The van der Waals surface area contributed by atoms with Gasteiger partial charge in [0.1, 0.15) is 5.82 Å². The lowest BCUT2D eigenvalue weighted by molar-refractivity contribution is -0.112. The van der Waals surface area contributed by atoms with Crippen LogP contribution in [-0.4, -0.2) is 27.9 Å². The first-order valence-corrected chi connectivity index (χ1v) is 8.82. The Morgan fingerprint density at radius 2 is 2.04 bits per heavy atom. The third kappa shape index (κ3) is 4.00. The Balaban J connectivity index is 1.80. The van der Waals surface area contributed by atoms with Gasteiger partial charge >= 0.3 is 0 Å². The molecule has 2 N–H and O–H groups in total. The van der Waals surface area contributed by atoms with Crippen LogP contribution in [0.25, 0.3) is 0 Å². The Labute approximate surface area is 149 Å². The van der Waals surface area contributed by atoms with E-state index in [4.69, 9.17) is 0 Å². The summed E-state index contributed by atoms with van der Waals surface area (Å²) in [5.74, 6) is 0.539. The van der Waals surface area contributed by atoms with Gasteiger partial charge in [0.05, 0.1) is 17.9 Å². The molecule has 1 aromatic rings. The smallest absolute Gasteiger partial charge is 0.256 e. The highest BCUT2D eigenvalue weighted by atomic mass is 16.1. The van der Waals surface area contributed by atoms with Gasteiger partial charge in [-0.1, -0.05) is 5.57 Å². The molecule has 0 saturated heterocycles. The molecule has 3 rings (SSSR count). The van der Waals surface area contributed by atoms with Gasteiger partial charge in [-0.3, -0.25) is 9.48 Å². The number of nitrogens with one attached hydrogen (secondary N) is 2. The zero-order chi connectivity index (χ0) is 18.2. The summed E-state index contributed by atoms with van der Waals surface area (Å²) < 4.78 is 1.92. The Hall–Kier alpha value is -2.37. The van der Waals surface area contributed by atoms with Crippen LogP contribution in [0.1, 0.15) is 59.4 Å². The van der Waals surface area contributed by atoms with Gasteiger partial charge in [0.15, 0.2) is 0 Å². The molecule has 0 unspecified atom stereocenters. The largest absolute Gasteiger partial charge is 0.365 e. The normalized spacial score (nSPS) is 18.9. The molecule has 1 heterocycles. The predicted octanol–water partition coefficient (Wildman–Crippen LogP) is 3.57. The van der Waals surface area contributed by atoms with Crippen molar-refractivity contribution in [3.63, 3.8) is 0 Å². The Morgan fingerprint density at radius 3 is 2.56 bits per heavy atom. The standard InChI is InChI=1S/C19H27N5O/c1-12(2)16(13(3)17(20-5)23-19(4)8-9-19)18(25)22-14-10-21-24(11-14)15-6-7-15/h10-11,15,23H,5-9H2,1-4H3,(H,22,25)/b17-13-. The average Bonchev–Trinajstić information content (AvgIpc) is 3.47. The van der Waals surface area contributed by atoms with Crippen molar-refractivity contribution in [3.8, 4) is 0 Å². The molecule has 2 fully saturated rings. The first-order chi connectivity index (χ1) is 11.8. The van der Waals surface area contributed by atoms with Gasteiger partial charge in [-0.25, -0.2) is 4.99 Å². The molecular weight excluding hydrogens is 314 g/mol. The first-order valence-electron chi connectivity index (χ1n) is 8.82. The van der Waals surface area contributed by atoms with Crippen molar-refractivity contribution >= 4 is 18.3 Å². The number of nitrogens with zero attached hydrogens (tertiary/aromatic N) is 3. The topological polar surface area (TPSA) is 71.3 Å². The van der Waals surface area contributed by atoms with E-state index in [0.29, 0.717) is 17.4 Å². The number of anilines is 1. The molecular formula is C19H27N5O. The summed E-state index contributed by atoms with van der Waals surface area (Å²) in [7, 11) is 0. The second kappa shape index (κ2) is 6.50.